The molecule has 9 nitrogen and oxygen atoms in total. The van der Waals surface area contributed by atoms with Crippen LogP contribution in [0.4, 0.5) is 5.69 Å². The number of aromatic nitrogens is 3. The first-order valence-electron chi connectivity index (χ1n) is 10.3. The maximum absolute atomic E-state index is 12.8. The number of carbonyl (C=O) groups is 1. The number of fused-ring (bicyclic) bond motifs is 1. The molecule has 0 bridgehead atoms. The Kier molecular flexibility index (Phi) is 6.60. The van der Waals surface area contributed by atoms with E-state index in [1.54, 1.807) is 16.9 Å². The van der Waals surface area contributed by atoms with E-state index < -0.39 is 5.91 Å². The van der Waals surface area contributed by atoms with Gasteiger partial charge in [0.25, 0.3) is 5.91 Å². The first-order chi connectivity index (χ1) is 16.4. The van der Waals surface area contributed by atoms with Crippen molar-refractivity contribution in [2.24, 2.45) is 0 Å². The Morgan fingerprint density at radius 1 is 0.882 bits per heavy atom. The molecule has 4 aromatic rings. The van der Waals surface area contributed by atoms with Crippen LogP contribution < -0.4 is 24.8 Å². The van der Waals surface area contributed by atoms with Crippen molar-refractivity contribution in [1.29, 1.82) is 0 Å². The summed E-state index contributed by atoms with van der Waals surface area (Å²) in [6.45, 7) is 2.03. The van der Waals surface area contributed by atoms with Gasteiger partial charge in [0.2, 0.25) is 5.75 Å². The van der Waals surface area contributed by atoms with Gasteiger partial charge in [-0.1, -0.05) is 17.7 Å². The van der Waals surface area contributed by atoms with E-state index in [9.17, 15) is 4.79 Å². The molecule has 2 N–H and O–H groups in total. The number of nitrogens with one attached hydrogen (secondary N) is 2. The normalized spacial score (nSPS) is 10.6. The van der Waals surface area contributed by atoms with Gasteiger partial charge in [0.1, 0.15) is 11.0 Å². The Morgan fingerprint density at radius 2 is 1.53 bits per heavy atom. The maximum Gasteiger partial charge on any atom is 0.257 e. The van der Waals surface area contributed by atoms with Gasteiger partial charge in [-0.2, -0.15) is 4.80 Å². The van der Waals surface area contributed by atoms with E-state index in [4.69, 9.17) is 26.4 Å². The van der Waals surface area contributed by atoms with Crippen molar-refractivity contribution in [3.8, 4) is 22.9 Å². The van der Waals surface area contributed by atoms with Crippen LogP contribution in [0.2, 0.25) is 0 Å². The molecular formula is C24H23N5O4S. The highest BCUT2D eigenvalue weighted by molar-refractivity contribution is 7.80. The van der Waals surface area contributed by atoms with Gasteiger partial charge >= 0.3 is 0 Å². The average molecular weight is 478 g/mol. The Morgan fingerprint density at radius 3 is 2.15 bits per heavy atom. The second-order valence-electron chi connectivity index (χ2n) is 7.35. The molecule has 3 aromatic carbocycles. The largest absolute Gasteiger partial charge is 0.493 e. The zero-order valence-electron chi connectivity index (χ0n) is 19.1. The van der Waals surface area contributed by atoms with Gasteiger partial charge in [-0.25, -0.2) is 0 Å². The summed E-state index contributed by atoms with van der Waals surface area (Å²) < 4.78 is 15.9. The fourth-order valence-electron chi connectivity index (χ4n) is 3.34. The van der Waals surface area contributed by atoms with E-state index in [0.717, 1.165) is 16.8 Å². The van der Waals surface area contributed by atoms with Crippen LogP contribution in [-0.2, 0) is 0 Å². The first-order valence-corrected chi connectivity index (χ1v) is 10.7. The number of anilines is 1. The van der Waals surface area contributed by atoms with E-state index in [0.29, 0.717) is 34.0 Å². The molecule has 0 fully saturated rings. The van der Waals surface area contributed by atoms with Crippen molar-refractivity contribution in [3.05, 3.63) is 65.7 Å². The zero-order valence-corrected chi connectivity index (χ0v) is 19.9. The van der Waals surface area contributed by atoms with Crippen LogP contribution in [0.15, 0.2) is 54.6 Å². The molecule has 0 atom stereocenters. The number of hydrogen-bond donors (Lipinski definition) is 2. The van der Waals surface area contributed by atoms with Crippen molar-refractivity contribution < 1.29 is 19.0 Å². The molecule has 0 unspecified atom stereocenters. The van der Waals surface area contributed by atoms with Crippen LogP contribution in [0.3, 0.4) is 0 Å². The summed E-state index contributed by atoms with van der Waals surface area (Å²) in [7, 11) is 4.46. The van der Waals surface area contributed by atoms with Gasteiger partial charge in [-0.3, -0.25) is 10.1 Å². The minimum absolute atomic E-state index is 0.129. The van der Waals surface area contributed by atoms with Crippen LogP contribution >= 0.6 is 12.2 Å². The Hall–Kier alpha value is -4.18. The van der Waals surface area contributed by atoms with Crippen molar-refractivity contribution in [2.75, 3.05) is 26.6 Å². The number of methoxy groups -OCH3 is 3. The highest BCUT2D eigenvalue weighted by atomic mass is 32.1. The molecule has 0 spiro atoms. The number of aryl methyl sites for hydroxylation is 1. The Bertz CT molecular complexity index is 1340. The van der Waals surface area contributed by atoms with E-state index in [2.05, 4.69) is 20.8 Å². The maximum atomic E-state index is 12.8. The number of thiocarbonyl (C=S) groups is 1. The van der Waals surface area contributed by atoms with Crippen molar-refractivity contribution >= 4 is 40.0 Å². The van der Waals surface area contributed by atoms with Gasteiger partial charge in [0.05, 0.1) is 27.0 Å². The average Bonchev–Trinajstić information content (AvgIpc) is 3.26. The number of hydrogen-bond acceptors (Lipinski definition) is 7. The minimum Gasteiger partial charge on any atom is -0.493 e. The monoisotopic (exact) mass is 477 g/mol. The molecule has 34 heavy (non-hydrogen) atoms. The smallest absolute Gasteiger partial charge is 0.257 e. The predicted octanol–water partition coefficient (Wildman–Crippen LogP) is 3.88. The number of amides is 1. The summed E-state index contributed by atoms with van der Waals surface area (Å²) in [6.07, 6.45) is 0. The third-order valence-corrected chi connectivity index (χ3v) is 5.26. The molecule has 0 radical (unpaired) electrons. The predicted molar refractivity (Wildman–Crippen MR) is 133 cm³/mol. The van der Waals surface area contributed by atoms with Crippen LogP contribution in [0.25, 0.3) is 16.7 Å². The lowest BCUT2D eigenvalue weighted by atomic mass is 10.1. The van der Waals surface area contributed by atoms with Gasteiger partial charge < -0.3 is 19.5 Å². The molecule has 0 aliphatic rings. The molecule has 4 rings (SSSR count). The third-order valence-electron chi connectivity index (χ3n) is 5.06. The fraction of sp³-hybridized carbons (Fsp3) is 0.167. The van der Waals surface area contributed by atoms with Gasteiger partial charge in [0.15, 0.2) is 16.6 Å². The Balaban J connectivity index is 1.49. The van der Waals surface area contributed by atoms with E-state index in [-0.39, 0.29) is 5.11 Å². The summed E-state index contributed by atoms with van der Waals surface area (Å²) in [5.74, 6) is 0.707. The number of ether oxygens (including phenoxy) is 3. The first kappa shape index (κ1) is 23.0. The number of benzene rings is 3. The second kappa shape index (κ2) is 9.75. The summed E-state index contributed by atoms with van der Waals surface area (Å²) in [4.78, 5) is 14.3. The van der Waals surface area contributed by atoms with E-state index in [1.165, 1.54) is 21.3 Å². The highest BCUT2D eigenvalue weighted by Crippen LogP contribution is 2.38. The quantitative estimate of drug-likeness (QED) is 0.404. The van der Waals surface area contributed by atoms with Gasteiger partial charge in [-0.05, 0) is 61.6 Å². The molecule has 1 heterocycles. The lowest BCUT2D eigenvalue weighted by Crippen LogP contribution is -2.34. The van der Waals surface area contributed by atoms with Gasteiger partial charge in [0, 0.05) is 11.3 Å². The Labute approximate surface area is 201 Å². The molecule has 0 saturated carbocycles. The summed E-state index contributed by atoms with van der Waals surface area (Å²) in [5, 5.41) is 14.8. The number of rotatable bonds is 6. The summed E-state index contributed by atoms with van der Waals surface area (Å²) >= 11 is 5.33. The zero-order chi connectivity index (χ0) is 24.2. The summed E-state index contributed by atoms with van der Waals surface area (Å²) in [6, 6.07) is 16.5. The van der Waals surface area contributed by atoms with Crippen LogP contribution in [-0.4, -0.2) is 47.3 Å². The van der Waals surface area contributed by atoms with Crippen molar-refractivity contribution in [1.82, 2.24) is 20.3 Å². The van der Waals surface area contributed by atoms with Gasteiger partial charge in [-0.15, -0.1) is 10.2 Å². The molecule has 174 valence electrons. The standard InChI is InChI=1S/C24H23N5O4S/c1-14-5-8-17(9-6-14)29-27-18-10-7-16(13-19(18)28-29)25-24(34)26-23(30)15-11-20(31-2)22(33-4)21(12-15)32-3/h5-13H,1-4H3,(H2,25,26,30,34). The minimum atomic E-state index is -0.428. The molecule has 0 aliphatic heterocycles. The number of carbonyl (C=O) groups excluding carboxylic acids is 1. The lowest BCUT2D eigenvalue weighted by Gasteiger charge is -2.14. The topological polar surface area (TPSA) is 99.5 Å². The molecule has 0 saturated heterocycles. The fourth-order valence-corrected chi connectivity index (χ4v) is 3.55. The molecule has 10 heteroatoms. The second-order valence-corrected chi connectivity index (χ2v) is 7.76. The molecule has 0 aliphatic carbocycles. The van der Waals surface area contributed by atoms with Crippen molar-refractivity contribution in [2.45, 2.75) is 6.92 Å². The molecule has 1 aromatic heterocycles. The number of nitrogens with zero attached hydrogens (tertiary/aromatic N) is 3. The molecule has 1 amide bonds. The lowest BCUT2D eigenvalue weighted by molar-refractivity contribution is 0.0977. The van der Waals surface area contributed by atoms with Crippen LogP contribution in [0, 0.1) is 6.92 Å². The SMILES string of the molecule is COc1cc(C(=O)NC(=S)Nc2ccc3nn(-c4ccc(C)cc4)nc3c2)cc(OC)c1OC. The van der Waals surface area contributed by atoms with Crippen LogP contribution in [0.5, 0.6) is 17.2 Å². The highest BCUT2D eigenvalue weighted by Gasteiger charge is 2.18. The van der Waals surface area contributed by atoms with Crippen LogP contribution in [0.1, 0.15) is 15.9 Å². The van der Waals surface area contributed by atoms with Crippen molar-refractivity contribution in [3.63, 3.8) is 0 Å². The van der Waals surface area contributed by atoms with E-state index in [1.807, 2.05) is 49.4 Å². The third kappa shape index (κ3) is 4.76. The summed E-state index contributed by atoms with van der Waals surface area (Å²) in [5.41, 5.74) is 4.41. The molecular weight excluding hydrogens is 454 g/mol. The van der Waals surface area contributed by atoms with E-state index >= 15 is 0 Å².